The second-order valence-corrected chi connectivity index (χ2v) is 6.32. The highest BCUT2D eigenvalue weighted by atomic mass is 16.2. The van der Waals surface area contributed by atoms with Gasteiger partial charge in [0.05, 0.1) is 0 Å². The number of ketones is 1. The van der Waals surface area contributed by atoms with Crippen molar-refractivity contribution in [3.8, 4) is 0 Å². The van der Waals surface area contributed by atoms with E-state index in [1.807, 2.05) is 32.0 Å². The van der Waals surface area contributed by atoms with E-state index in [9.17, 15) is 14.4 Å². The van der Waals surface area contributed by atoms with Crippen LogP contribution < -0.4 is 10.2 Å². The van der Waals surface area contributed by atoms with Crippen LogP contribution in [-0.2, 0) is 9.59 Å². The molecule has 2 rings (SSSR count). The summed E-state index contributed by atoms with van der Waals surface area (Å²) in [6, 6.07) is 12.6. The van der Waals surface area contributed by atoms with Crippen LogP contribution in [0.4, 0.5) is 11.4 Å². The minimum atomic E-state index is -0.206. The molecule has 2 aromatic rings. The lowest BCUT2D eigenvalue weighted by Gasteiger charge is -2.23. The highest BCUT2D eigenvalue weighted by Crippen LogP contribution is 2.23. The molecule has 26 heavy (non-hydrogen) atoms. The second-order valence-electron chi connectivity index (χ2n) is 6.32. The third-order valence-electron chi connectivity index (χ3n) is 4.36. The number of amides is 2. The minimum Gasteiger partial charge on any atom is -0.326 e. The van der Waals surface area contributed by atoms with Crippen molar-refractivity contribution >= 4 is 29.0 Å². The fourth-order valence-electron chi connectivity index (χ4n) is 2.73. The van der Waals surface area contributed by atoms with E-state index < -0.39 is 0 Å². The normalized spacial score (nSPS) is 10.3. The number of nitrogens with one attached hydrogen (secondary N) is 1. The van der Waals surface area contributed by atoms with Gasteiger partial charge in [-0.2, -0.15) is 0 Å². The van der Waals surface area contributed by atoms with E-state index in [-0.39, 0.29) is 30.6 Å². The van der Waals surface area contributed by atoms with Gasteiger partial charge in [-0.25, -0.2) is 0 Å². The van der Waals surface area contributed by atoms with Gasteiger partial charge in [0.15, 0.2) is 5.78 Å². The van der Waals surface area contributed by atoms with E-state index in [4.69, 9.17) is 0 Å². The molecule has 0 spiro atoms. The summed E-state index contributed by atoms with van der Waals surface area (Å²) in [5.41, 5.74) is 4.06. The zero-order valence-electron chi connectivity index (χ0n) is 15.6. The molecule has 0 bridgehead atoms. The molecule has 0 aliphatic carbocycles. The number of benzene rings is 2. The highest BCUT2D eigenvalue weighted by molar-refractivity contribution is 5.98. The molecular weight excluding hydrogens is 328 g/mol. The Kier molecular flexibility index (Phi) is 6.28. The monoisotopic (exact) mass is 352 g/mol. The Labute approximate surface area is 154 Å². The van der Waals surface area contributed by atoms with E-state index >= 15 is 0 Å². The van der Waals surface area contributed by atoms with E-state index in [0.717, 1.165) is 16.8 Å². The molecule has 5 nitrogen and oxygen atoms in total. The van der Waals surface area contributed by atoms with Crippen molar-refractivity contribution in [1.82, 2.24) is 0 Å². The summed E-state index contributed by atoms with van der Waals surface area (Å²) < 4.78 is 0. The molecule has 0 saturated heterocycles. The Balaban J connectivity index is 2.06. The van der Waals surface area contributed by atoms with Crippen LogP contribution >= 0.6 is 0 Å². The molecule has 0 aliphatic rings. The SMILES string of the molecule is CC(=O)c1cccc(NC(=O)CCN(C(C)=O)c2cccc(C)c2C)c1. The van der Waals surface area contributed by atoms with Crippen molar-refractivity contribution in [2.45, 2.75) is 34.1 Å². The molecule has 0 heterocycles. The van der Waals surface area contributed by atoms with Crippen molar-refractivity contribution < 1.29 is 14.4 Å². The number of aryl methyl sites for hydroxylation is 1. The molecule has 136 valence electrons. The van der Waals surface area contributed by atoms with Crippen LogP contribution in [0.25, 0.3) is 0 Å². The van der Waals surface area contributed by atoms with Crippen LogP contribution in [0.2, 0.25) is 0 Å². The van der Waals surface area contributed by atoms with Crippen LogP contribution in [0.5, 0.6) is 0 Å². The average Bonchev–Trinajstić information content (AvgIpc) is 2.58. The fourth-order valence-corrected chi connectivity index (χ4v) is 2.73. The molecule has 5 heteroatoms. The lowest BCUT2D eigenvalue weighted by atomic mass is 10.1. The van der Waals surface area contributed by atoms with Gasteiger partial charge in [-0.3, -0.25) is 14.4 Å². The third-order valence-corrected chi connectivity index (χ3v) is 4.36. The van der Waals surface area contributed by atoms with Gasteiger partial charge in [-0.1, -0.05) is 24.3 Å². The maximum atomic E-state index is 12.3. The first-order chi connectivity index (χ1) is 12.3. The number of carbonyl (C=O) groups is 3. The van der Waals surface area contributed by atoms with E-state index in [1.165, 1.54) is 13.8 Å². The van der Waals surface area contributed by atoms with Crippen LogP contribution in [-0.4, -0.2) is 24.1 Å². The van der Waals surface area contributed by atoms with Gasteiger partial charge in [0.25, 0.3) is 0 Å². The molecule has 0 saturated carbocycles. The minimum absolute atomic E-state index is 0.0567. The number of nitrogens with zero attached hydrogens (tertiary/aromatic N) is 1. The predicted octanol–water partition coefficient (Wildman–Crippen LogP) is 3.89. The second kappa shape index (κ2) is 8.43. The maximum absolute atomic E-state index is 12.3. The van der Waals surface area contributed by atoms with Crippen LogP contribution in [0, 0.1) is 13.8 Å². The van der Waals surface area contributed by atoms with Crippen molar-refractivity contribution in [2.24, 2.45) is 0 Å². The lowest BCUT2D eigenvalue weighted by Crippen LogP contribution is -2.32. The number of anilines is 2. The largest absolute Gasteiger partial charge is 0.326 e. The fraction of sp³-hybridized carbons (Fsp3) is 0.286. The first-order valence-electron chi connectivity index (χ1n) is 8.54. The maximum Gasteiger partial charge on any atom is 0.226 e. The van der Waals surface area contributed by atoms with Gasteiger partial charge >= 0.3 is 0 Å². The van der Waals surface area contributed by atoms with Crippen LogP contribution in [0.1, 0.15) is 41.8 Å². The molecule has 0 fully saturated rings. The highest BCUT2D eigenvalue weighted by Gasteiger charge is 2.16. The molecule has 2 amide bonds. The number of rotatable bonds is 6. The van der Waals surface area contributed by atoms with Gasteiger partial charge in [0.1, 0.15) is 0 Å². The quantitative estimate of drug-likeness (QED) is 0.802. The van der Waals surface area contributed by atoms with Gasteiger partial charge in [0.2, 0.25) is 11.8 Å². The molecular formula is C21H24N2O3. The smallest absolute Gasteiger partial charge is 0.226 e. The summed E-state index contributed by atoms with van der Waals surface area (Å²) in [4.78, 5) is 37.4. The van der Waals surface area contributed by atoms with Gasteiger partial charge in [-0.15, -0.1) is 0 Å². The number of Topliss-reactive ketones (excluding diaryl/α,β-unsaturated/α-hetero) is 1. The Morgan fingerprint density at radius 3 is 2.35 bits per heavy atom. The van der Waals surface area contributed by atoms with Crippen molar-refractivity contribution in [3.63, 3.8) is 0 Å². The zero-order chi connectivity index (χ0) is 19.3. The van der Waals surface area contributed by atoms with E-state index in [0.29, 0.717) is 11.3 Å². The zero-order valence-corrected chi connectivity index (χ0v) is 15.6. The van der Waals surface area contributed by atoms with E-state index in [2.05, 4.69) is 5.32 Å². The number of hydrogen-bond donors (Lipinski definition) is 1. The van der Waals surface area contributed by atoms with E-state index in [1.54, 1.807) is 29.2 Å². The van der Waals surface area contributed by atoms with Crippen molar-refractivity contribution in [2.75, 3.05) is 16.8 Å². The summed E-state index contributed by atoms with van der Waals surface area (Å²) in [6.07, 6.45) is 0.164. The topological polar surface area (TPSA) is 66.5 Å². The Morgan fingerprint density at radius 2 is 1.69 bits per heavy atom. The molecule has 1 N–H and O–H groups in total. The summed E-state index contributed by atoms with van der Waals surface area (Å²) in [5, 5.41) is 2.78. The van der Waals surface area contributed by atoms with Crippen LogP contribution in [0.15, 0.2) is 42.5 Å². The molecule has 0 unspecified atom stereocenters. The summed E-state index contributed by atoms with van der Waals surface area (Å²) in [6.45, 7) is 7.23. The Bertz CT molecular complexity index is 843. The summed E-state index contributed by atoms with van der Waals surface area (Å²) in [5.74, 6) is -0.369. The van der Waals surface area contributed by atoms with Crippen molar-refractivity contribution in [1.29, 1.82) is 0 Å². The van der Waals surface area contributed by atoms with Crippen LogP contribution in [0.3, 0.4) is 0 Å². The molecule has 0 atom stereocenters. The number of carbonyl (C=O) groups excluding carboxylic acids is 3. The molecule has 0 aliphatic heterocycles. The number of hydrogen-bond acceptors (Lipinski definition) is 3. The molecule has 0 aromatic heterocycles. The molecule has 2 aromatic carbocycles. The third kappa shape index (κ3) is 4.79. The average molecular weight is 352 g/mol. The Morgan fingerprint density at radius 1 is 1.00 bits per heavy atom. The standard InChI is InChI=1S/C21H24N2O3/c1-14-7-5-10-20(15(14)2)23(17(4)25)12-11-21(26)22-19-9-6-8-18(13-19)16(3)24/h5-10,13H,11-12H2,1-4H3,(H,22,26). The summed E-state index contributed by atoms with van der Waals surface area (Å²) in [7, 11) is 0. The van der Waals surface area contributed by atoms with Gasteiger partial charge < -0.3 is 10.2 Å². The molecule has 0 radical (unpaired) electrons. The Hall–Kier alpha value is -2.95. The summed E-state index contributed by atoms with van der Waals surface area (Å²) >= 11 is 0. The van der Waals surface area contributed by atoms with Gasteiger partial charge in [0, 0.05) is 36.8 Å². The first-order valence-corrected chi connectivity index (χ1v) is 8.54. The van der Waals surface area contributed by atoms with Crippen molar-refractivity contribution in [3.05, 3.63) is 59.2 Å². The first kappa shape index (κ1) is 19.4. The predicted molar refractivity (Wildman–Crippen MR) is 104 cm³/mol. The lowest BCUT2D eigenvalue weighted by molar-refractivity contribution is -0.117. The van der Waals surface area contributed by atoms with Gasteiger partial charge in [-0.05, 0) is 50.1 Å².